The Morgan fingerprint density at radius 2 is 1.66 bits per heavy atom. The highest BCUT2D eigenvalue weighted by molar-refractivity contribution is 5.88. The maximum atomic E-state index is 13.7. The monoisotopic (exact) mass is 471 g/mol. The van der Waals surface area contributed by atoms with E-state index >= 15 is 0 Å². The van der Waals surface area contributed by atoms with Gasteiger partial charge in [-0.25, -0.2) is 0 Å². The van der Waals surface area contributed by atoms with Crippen LogP contribution in [0.2, 0.25) is 0 Å². The van der Waals surface area contributed by atoms with Crippen LogP contribution in [0.4, 0.5) is 0 Å². The normalized spacial score (nSPS) is 19.4. The van der Waals surface area contributed by atoms with Crippen molar-refractivity contribution in [1.29, 1.82) is 0 Å². The lowest BCUT2D eigenvalue weighted by Crippen LogP contribution is -2.56. The maximum absolute atomic E-state index is 13.7. The maximum Gasteiger partial charge on any atom is 0.258 e. The number of fused-ring (bicyclic) bond motifs is 4. The molecule has 180 valence electrons. The van der Waals surface area contributed by atoms with Crippen LogP contribution in [-0.2, 0) is 22.6 Å². The number of likely N-dealkylation sites (tertiary alicyclic amines) is 1. The molecule has 0 saturated carbocycles. The summed E-state index contributed by atoms with van der Waals surface area (Å²) in [5.74, 6) is 0.515. The summed E-state index contributed by atoms with van der Waals surface area (Å²) in [6, 6.07) is 23.5. The van der Waals surface area contributed by atoms with Gasteiger partial charge < -0.3 is 19.5 Å². The number of rotatable bonds is 7. The van der Waals surface area contributed by atoms with Gasteiger partial charge in [0.1, 0.15) is 11.8 Å². The van der Waals surface area contributed by atoms with Crippen LogP contribution in [-0.4, -0.2) is 47.0 Å². The van der Waals surface area contributed by atoms with E-state index in [9.17, 15) is 14.4 Å². The second-order valence-corrected chi connectivity index (χ2v) is 9.35. The van der Waals surface area contributed by atoms with Crippen molar-refractivity contribution in [3.05, 3.63) is 100 Å². The smallest absolute Gasteiger partial charge is 0.258 e. The minimum atomic E-state index is -0.693. The molecule has 7 nitrogen and oxygen atoms in total. The Balaban J connectivity index is 1.31. The third-order valence-electron chi connectivity index (χ3n) is 6.82. The summed E-state index contributed by atoms with van der Waals surface area (Å²) in [6.07, 6.45) is 1.37. The molecule has 0 aliphatic carbocycles. The van der Waals surface area contributed by atoms with Gasteiger partial charge in [-0.3, -0.25) is 14.4 Å². The summed E-state index contributed by atoms with van der Waals surface area (Å²) >= 11 is 0. The second kappa shape index (κ2) is 10.2. The highest BCUT2D eigenvalue weighted by Crippen LogP contribution is 2.35. The number of aromatic nitrogens is 1. The first-order valence-corrected chi connectivity index (χ1v) is 12.1. The van der Waals surface area contributed by atoms with Gasteiger partial charge in [0, 0.05) is 43.7 Å². The van der Waals surface area contributed by atoms with E-state index in [0.29, 0.717) is 31.8 Å². The second-order valence-electron chi connectivity index (χ2n) is 9.35. The molecule has 2 aromatic carbocycles. The van der Waals surface area contributed by atoms with Crippen molar-refractivity contribution >= 4 is 11.8 Å². The molecule has 2 bridgehead atoms. The first-order chi connectivity index (χ1) is 17.1. The third-order valence-corrected chi connectivity index (χ3v) is 6.82. The Morgan fingerprint density at radius 3 is 2.43 bits per heavy atom. The summed E-state index contributed by atoms with van der Waals surface area (Å²) in [5.41, 5.74) is 1.99. The van der Waals surface area contributed by atoms with Gasteiger partial charge in [0.15, 0.2) is 6.61 Å². The topological polar surface area (TPSA) is 80.6 Å². The summed E-state index contributed by atoms with van der Waals surface area (Å²) < 4.78 is 7.44. The molecule has 0 radical (unpaired) electrons. The van der Waals surface area contributed by atoms with Crippen LogP contribution in [0.15, 0.2) is 83.7 Å². The molecular weight excluding hydrogens is 442 g/mol. The fourth-order valence-corrected chi connectivity index (χ4v) is 5.25. The van der Waals surface area contributed by atoms with Gasteiger partial charge in [-0.05, 0) is 36.1 Å². The number of pyridine rings is 1. The van der Waals surface area contributed by atoms with E-state index in [-0.39, 0.29) is 35.8 Å². The largest absolute Gasteiger partial charge is 0.484 e. The van der Waals surface area contributed by atoms with Crippen LogP contribution in [0.25, 0.3) is 0 Å². The number of nitrogens with zero attached hydrogens (tertiary/aromatic N) is 2. The Labute approximate surface area is 204 Å². The standard InChI is InChI=1S/C28H29N3O4/c32-26(19-35-23-10-5-2-6-11-23)29-24(15-20-8-3-1-4-9-20)28(34)30-16-21-14-22(18-30)25-12-7-13-27(33)31(25)17-21/h1-13,21-22,24H,14-19H2,(H,29,32)/t21?,22?,24-/m0/s1. The molecule has 2 amide bonds. The molecule has 7 heteroatoms. The number of amides is 2. The van der Waals surface area contributed by atoms with Gasteiger partial charge >= 0.3 is 0 Å². The van der Waals surface area contributed by atoms with Gasteiger partial charge in [0.2, 0.25) is 5.91 Å². The number of nitrogens with one attached hydrogen (secondary N) is 1. The van der Waals surface area contributed by atoms with Crippen LogP contribution in [0.5, 0.6) is 5.75 Å². The van der Waals surface area contributed by atoms with Crippen molar-refractivity contribution in [2.45, 2.75) is 31.3 Å². The summed E-state index contributed by atoms with van der Waals surface area (Å²) in [6.45, 7) is 1.58. The van der Waals surface area contributed by atoms with Crippen molar-refractivity contribution in [3.63, 3.8) is 0 Å². The highest BCUT2D eigenvalue weighted by Gasteiger charge is 2.38. The molecule has 3 aromatic rings. The zero-order chi connectivity index (χ0) is 24.2. The lowest BCUT2D eigenvalue weighted by atomic mass is 9.83. The average Bonchev–Trinajstić information content (AvgIpc) is 2.88. The summed E-state index contributed by atoms with van der Waals surface area (Å²) in [5, 5.41) is 2.92. The molecule has 2 aliphatic rings. The number of piperidine rings is 1. The molecule has 35 heavy (non-hydrogen) atoms. The number of carbonyl (C=O) groups excluding carboxylic acids is 2. The Hall–Kier alpha value is -3.87. The molecule has 1 aromatic heterocycles. The predicted molar refractivity (Wildman–Crippen MR) is 132 cm³/mol. The lowest BCUT2D eigenvalue weighted by molar-refractivity contribution is -0.139. The van der Waals surface area contributed by atoms with Crippen LogP contribution < -0.4 is 15.6 Å². The van der Waals surface area contributed by atoms with E-state index in [2.05, 4.69) is 5.32 Å². The number of carbonyl (C=O) groups is 2. The van der Waals surface area contributed by atoms with Gasteiger partial charge in [0.25, 0.3) is 11.5 Å². The molecule has 2 unspecified atom stereocenters. The van der Waals surface area contributed by atoms with Crippen LogP contribution in [0.1, 0.15) is 23.6 Å². The fourth-order valence-electron chi connectivity index (χ4n) is 5.25. The van der Waals surface area contributed by atoms with Crippen LogP contribution >= 0.6 is 0 Å². The lowest BCUT2D eigenvalue weighted by Gasteiger charge is -2.43. The van der Waals surface area contributed by atoms with Crippen LogP contribution in [0, 0.1) is 5.92 Å². The average molecular weight is 472 g/mol. The number of para-hydroxylation sites is 1. The number of hydrogen-bond donors (Lipinski definition) is 1. The van der Waals surface area contributed by atoms with Crippen molar-refractivity contribution < 1.29 is 14.3 Å². The van der Waals surface area contributed by atoms with Gasteiger partial charge in [-0.2, -0.15) is 0 Å². The highest BCUT2D eigenvalue weighted by atomic mass is 16.5. The third kappa shape index (κ3) is 5.29. The number of benzene rings is 2. The van der Waals surface area contributed by atoms with Crippen molar-refractivity contribution in [3.8, 4) is 5.75 Å². The van der Waals surface area contributed by atoms with E-state index in [1.807, 2.05) is 64.1 Å². The molecule has 1 fully saturated rings. The SMILES string of the molecule is O=C(COc1ccccc1)N[C@@H](Cc1ccccc1)C(=O)N1CC2CC(C1)c1cccc(=O)n1C2. The van der Waals surface area contributed by atoms with Gasteiger partial charge in [0.05, 0.1) is 0 Å². The molecule has 3 atom stereocenters. The van der Waals surface area contributed by atoms with Gasteiger partial charge in [-0.15, -0.1) is 0 Å². The zero-order valence-corrected chi connectivity index (χ0v) is 19.5. The first-order valence-electron chi connectivity index (χ1n) is 12.1. The predicted octanol–water partition coefficient (Wildman–Crippen LogP) is 2.60. The van der Waals surface area contributed by atoms with Crippen molar-refractivity contribution in [2.24, 2.45) is 5.92 Å². The van der Waals surface area contributed by atoms with Crippen LogP contribution in [0.3, 0.4) is 0 Å². The van der Waals surface area contributed by atoms with Crippen molar-refractivity contribution in [2.75, 3.05) is 19.7 Å². The van der Waals surface area contributed by atoms with Crippen molar-refractivity contribution in [1.82, 2.24) is 14.8 Å². The Kier molecular flexibility index (Phi) is 6.66. The molecule has 5 rings (SSSR count). The molecule has 1 saturated heterocycles. The minimum absolute atomic E-state index is 0.0182. The molecule has 0 spiro atoms. The summed E-state index contributed by atoms with van der Waals surface area (Å²) in [4.78, 5) is 40.7. The minimum Gasteiger partial charge on any atom is -0.484 e. The molecule has 2 aliphatic heterocycles. The number of hydrogen-bond acceptors (Lipinski definition) is 4. The Bertz CT molecular complexity index is 1240. The fraction of sp³-hybridized carbons (Fsp3) is 0.321. The zero-order valence-electron chi connectivity index (χ0n) is 19.5. The van der Waals surface area contributed by atoms with Gasteiger partial charge in [-0.1, -0.05) is 54.6 Å². The van der Waals surface area contributed by atoms with E-state index in [4.69, 9.17) is 4.74 Å². The Morgan fingerprint density at radius 1 is 0.914 bits per heavy atom. The first kappa shape index (κ1) is 22.9. The van der Waals surface area contributed by atoms with E-state index in [0.717, 1.165) is 17.7 Å². The quantitative estimate of drug-likeness (QED) is 0.575. The molecular formula is C28H29N3O4. The molecule has 1 N–H and O–H groups in total. The summed E-state index contributed by atoms with van der Waals surface area (Å²) in [7, 11) is 0. The van der Waals surface area contributed by atoms with E-state index in [1.54, 1.807) is 24.3 Å². The van der Waals surface area contributed by atoms with E-state index < -0.39 is 6.04 Å². The molecule has 3 heterocycles. The number of ether oxygens (including phenoxy) is 1. The van der Waals surface area contributed by atoms with E-state index in [1.165, 1.54) is 0 Å².